The molecule has 4 rings (SSSR count). The summed E-state index contributed by atoms with van der Waals surface area (Å²) in [6.07, 6.45) is 9.10. The van der Waals surface area contributed by atoms with Gasteiger partial charge in [-0.3, -0.25) is 9.48 Å². The maximum absolute atomic E-state index is 12.4. The topological polar surface area (TPSA) is 102 Å². The summed E-state index contributed by atoms with van der Waals surface area (Å²) >= 11 is 0. The Morgan fingerprint density at radius 3 is 2.68 bits per heavy atom. The van der Waals surface area contributed by atoms with Gasteiger partial charge in [-0.1, -0.05) is 0 Å². The summed E-state index contributed by atoms with van der Waals surface area (Å²) in [6, 6.07) is 5.67. The van der Waals surface area contributed by atoms with Gasteiger partial charge < -0.3 is 15.2 Å². The molecule has 1 aliphatic rings. The molecule has 2 heterocycles. The van der Waals surface area contributed by atoms with Crippen LogP contribution in [0, 0.1) is 5.92 Å². The molecule has 8 heteroatoms. The average Bonchev–Trinajstić information content (AvgIpc) is 3.16. The zero-order valence-electron chi connectivity index (χ0n) is 15.7. The van der Waals surface area contributed by atoms with Gasteiger partial charge in [0.25, 0.3) is 5.91 Å². The number of benzene rings is 1. The normalized spacial score (nSPS) is 19.5. The number of anilines is 1. The lowest BCUT2D eigenvalue weighted by Crippen LogP contribution is -2.20. The van der Waals surface area contributed by atoms with Crippen molar-refractivity contribution in [3.05, 3.63) is 42.6 Å². The second-order valence-corrected chi connectivity index (χ2v) is 7.10. The van der Waals surface area contributed by atoms with Crippen LogP contribution < -0.4 is 10.1 Å². The van der Waals surface area contributed by atoms with Crippen molar-refractivity contribution in [3.8, 4) is 5.75 Å². The van der Waals surface area contributed by atoms with Gasteiger partial charge in [0.1, 0.15) is 5.75 Å². The summed E-state index contributed by atoms with van der Waals surface area (Å²) in [7, 11) is 1.56. The highest BCUT2D eigenvalue weighted by Gasteiger charge is 2.23. The van der Waals surface area contributed by atoms with E-state index in [2.05, 4.69) is 15.3 Å². The molecule has 146 valence electrons. The Balaban J connectivity index is 1.59. The number of hydrogen-bond donors (Lipinski definition) is 2. The second-order valence-electron chi connectivity index (χ2n) is 7.10. The number of carbonyl (C=O) groups excluding carboxylic acids is 1. The molecule has 0 radical (unpaired) electrons. The van der Waals surface area contributed by atoms with Gasteiger partial charge in [0.2, 0.25) is 5.82 Å². The lowest BCUT2D eigenvalue weighted by atomic mass is 9.87. The zero-order chi connectivity index (χ0) is 19.5. The van der Waals surface area contributed by atoms with E-state index in [4.69, 9.17) is 9.84 Å². The van der Waals surface area contributed by atoms with E-state index < -0.39 is 5.91 Å². The van der Waals surface area contributed by atoms with Gasteiger partial charge >= 0.3 is 0 Å². The molecule has 28 heavy (non-hydrogen) atoms. The molecule has 2 aromatic heterocycles. The number of nitrogens with one attached hydrogen (secondary N) is 1. The van der Waals surface area contributed by atoms with E-state index in [9.17, 15) is 9.90 Å². The van der Waals surface area contributed by atoms with Crippen molar-refractivity contribution < 1.29 is 14.6 Å². The van der Waals surface area contributed by atoms with Crippen molar-refractivity contribution in [2.45, 2.75) is 31.7 Å². The molecule has 8 nitrogen and oxygen atoms in total. The van der Waals surface area contributed by atoms with Gasteiger partial charge in [0, 0.05) is 36.7 Å². The van der Waals surface area contributed by atoms with Gasteiger partial charge in [-0.2, -0.15) is 5.10 Å². The van der Waals surface area contributed by atoms with Crippen molar-refractivity contribution in [2.75, 3.05) is 19.0 Å². The van der Waals surface area contributed by atoms with Gasteiger partial charge in [-0.25, -0.2) is 9.97 Å². The summed E-state index contributed by atoms with van der Waals surface area (Å²) in [5.41, 5.74) is 1.37. The number of aliphatic hydroxyl groups is 1. The van der Waals surface area contributed by atoms with Crippen molar-refractivity contribution >= 4 is 22.5 Å². The highest BCUT2D eigenvalue weighted by atomic mass is 16.5. The quantitative estimate of drug-likeness (QED) is 0.705. The van der Waals surface area contributed by atoms with E-state index in [0.717, 1.165) is 36.6 Å². The van der Waals surface area contributed by atoms with Crippen molar-refractivity contribution in [1.29, 1.82) is 0 Å². The first kappa shape index (κ1) is 18.4. The number of methoxy groups -OCH3 is 1. The fraction of sp³-hybridized carbons (Fsp3) is 0.400. The van der Waals surface area contributed by atoms with Crippen LogP contribution in [0.2, 0.25) is 0 Å². The molecule has 1 amide bonds. The Kier molecular flexibility index (Phi) is 5.21. The molecule has 0 bridgehead atoms. The van der Waals surface area contributed by atoms with Crippen LogP contribution in [0.15, 0.2) is 36.8 Å². The first-order chi connectivity index (χ1) is 13.7. The van der Waals surface area contributed by atoms with Crippen LogP contribution in [-0.2, 0) is 0 Å². The maximum Gasteiger partial charge on any atom is 0.293 e. The number of rotatable bonds is 5. The van der Waals surface area contributed by atoms with Crippen LogP contribution in [-0.4, -0.2) is 44.5 Å². The van der Waals surface area contributed by atoms with Crippen LogP contribution >= 0.6 is 0 Å². The minimum Gasteiger partial charge on any atom is -0.494 e. The SMILES string of the molecule is COc1cc2nn([C@H]3CC[C@H](CO)CC3)cc2cc1NC(=O)c1ncccn1. The summed E-state index contributed by atoms with van der Waals surface area (Å²) in [5, 5.41) is 17.8. The number of aliphatic hydroxyl groups excluding tert-OH is 1. The minimum absolute atomic E-state index is 0.0981. The third kappa shape index (κ3) is 3.68. The third-order valence-corrected chi connectivity index (χ3v) is 5.31. The van der Waals surface area contributed by atoms with Crippen LogP contribution in [0.4, 0.5) is 5.69 Å². The Morgan fingerprint density at radius 1 is 1.25 bits per heavy atom. The fourth-order valence-electron chi connectivity index (χ4n) is 3.71. The smallest absolute Gasteiger partial charge is 0.293 e. The maximum atomic E-state index is 12.4. The molecule has 0 saturated heterocycles. The van der Waals surface area contributed by atoms with Crippen LogP contribution in [0.25, 0.3) is 10.9 Å². The molecule has 0 spiro atoms. The highest BCUT2D eigenvalue weighted by molar-refractivity contribution is 6.03. The van der Waals surface area contributed by atoms with E-state index in [1.165, 1.54) is 12.4 Å². The summed E-state index contributed by atoms with van der Waals surface area (Å²) < 4.78 is 7.44. The van der Waals surface area contributed by atoms with Crippen molar-refractivity contribution in [3.63, 3.8) is 0 Å². The van der Waals surface area contributed by atoms with Crippen LogP contribution in [0.3, 0.4) is 0 Å². The monoisotopic (exact) mass is 381 g/mol. The molecule has 0 aliphatic heterocycles. The van der Waals surface area contributed by atoms with Crippen LogP contribution in [0.5, 0.6) is 5.75 Å². The Bertz CT molecular complexity index is 965. The van der Waals surface area contributed by atoms with Gasteiger partial charge in [-0.05, 0) is 43.7 Å². The predicted molar refractivity (Wildman–Crippen MR) is 104 cm³/mol. The first-order valence-corrected chi connectivity index (χ1v) is 9.44. The summed E-state index contributed by atoms with van der Waals surface area (Å²) in [4.78, 5) is 20.3. The molecule has 1 aromatic carbocycles. The zero-order valence-corrected chi connectivity index (χ0v) is 15.7. The second kappa shape index (κ2) is 7.93. The molecular weight excluding hydrogens is 358 g/mol. The van der Waals surface area contributed by atoms with Crippen molar-refractivity contribution in [2.24, 2.45) is 5.92 Å². The molecule has 3 aromatic rings. The van der Waals surface area contributed by atoms with E-state index in [1.807, 2.05) is 23.0 Å². The molecule has 2 N–H and O–H groups in total. The number of nitrogens with zero attached hydrogens (tertiary/aromatic N) is 4. The van der Waals surface area contributed by atoms with Gasteiger partial charge in [0.05, 0.1) is 24.4 Å². The van der Waals surface area contributed by atoms with E-state index >= 15 is 0 Å². The standard InChI is InChI=1S/C20H23N5O3/c1-28-18-10-16-14(9-17(18)23-20(27)19-21-7-2-8-22-19)11-25(24-16)15-5-3-13(12-26)4-6-15/h2,7-11,13,15,26H,3-6,12H2,1H3,(H,23,27)/t13-,15-. The fourth-order valence-corrected chi connectivity index (χ4v) is 3.71. The van der Waals surface area contributed by atoms with Gasteiger partial charge in [-0.15, -0.1) is 0 Å². The number of amides is 1. The largest absolute Gasteiger partial charge is 0.494 e. The predicted octanol–water partition coefficient (Wildman–Crippen LogP) is 2.81. The number of aromatic nitrogens is 4. The van der Waals surface area contributed by atoms with Crippen molar-refractivity contribution in [1.82, 2.24) is 19.7 Å². The molecule has 1 saturated carbocycles. The number of ether oxygens (including phenoxy) is 1. The minimum atomic E-state index is -0.395. The molecule has 0 atom stereocenters. The van der Waals surface area contributed by atoms with E-state index in [-0.39, 0.29) is 12.4 Å². The average molecular weight is 381 g/mol. The Hall–Kier alpha value is -3.00. The van der Waals surface area contributed by atoms with E-state index in [1.54, 1.807) is 13.2 Å². The third-order valence-electron chi connectivity index (χ3n) is 5.31. The summed E-state index contributed by atoms with van der Waals surface area (Å²) in [5.74, 6) is 0.642. The summed E-state index contributed by atoms with van der Waals surface area (Å²) in [6.45, 7) is 0.263. The lowest BCUT2D eigenvalue weighted by molar-refractivity contribution is 0.101. The number of hydrogen-bond acceptors (Lipinski definition) is 6. The van der Waals surface area contributed by atoms with Gasteiger partial charge in [0.15, 0.2) is 0 Å². The Labute approximate surface area is 162 Å². The first-order valence-electron chi connectivity index (χ1n) is 9.44. The number of fused-ring (bicyclic) bond motifs is 1. The Morgan fingerprint density at radius 2 is 2.00 bits per heavy atom. The number of carbonyl (C=O) groups is 1. The molecule has 1 aliphatic carbocycles. The molecule has 1 fully saturated rings. The van der Waals surface area contributed by atoms with E-state index in [0.29, 0.717) is 23.4 Å². The van der Waals surface area contributed by atoms with Crippen LogP contribution in [0.1, 0.15) is 42.3 Å². The molecular formula is C20H23N5O3. The molecule has 0 unspecified atom stereocenters. The highest BCUT2D eigenvalue weighted by Crippen LogP contribution is 2.34. The lowest BCUT2D eigenvalue weighted by Gasteiger charge is -2.27.